The van der Waals surface area contributed by atoms with Gasteiger partial charge in [-0.2, -0.15) is 9.78 Å². The standard InChI is InChI=1S/C17H17Cl2N3O5/c18-12-2-1-10(7-13(12)19)22-16(24)8-15(14(9-23)20-22)27-11-3-5-21(6-4-11)17(25)26/h1-2,7-8,11,23H,3-6,9H2,(H,25,26). The van der Waals surface area contributed by atoms with E-state index in [4.69, 9.17) is 33.0 Å². The number of carboxylic acid groups (broad SMARTS) is 1. The Balaban J connectivity index is 1.83. The highest BCUT2D eigenvalue weighted by Crippen LogP contribution is 2.25. The number of hydrogen-bond donors (Lipinski definition) is 2. The van der Waals surface area contributed by atoms with E-state index in [2.05, 4.69) is 5.10 Å². The van der Waals surface area contributed by atoms with Gasteiger partial charge in [0.05, 0.1) is 22.3 Å². The number of carbonyl (C=O) groups is 1. The Kier molecular flexibility index (Phi) is 5.88. The van der Waals surface area contributed by atoms with Crippen LogP contribution < -0.4 is 10.3 Å². The van der Waals surface area contributed by atoms with E-state index in [1.54, 1.807) is 12.1 Å². The molecule has 10 heteroatoms. The summed E-state index contributed by atoms with van der Waals surface area (Å²) in [5, 5.41) is 23.4. The van der Waals surface area contributed by atoms with E-state index in [0.29, 0.717) is 36.6 Å². The summed E-state index contributed by atoms with van der Waals surface area (Å²) >= 11 is 11.9. The third-order valence-electron chi connectivity index (χ3n) is 4.27. The van der Waals surface area contributed by atoms with Crippen LogP contribution in [-0.2, 0) is 6.61 Å². The Labute approximate surface area is 164 Å². The summed E-state index contributed by atoms with van der Waals surface area (Å²) in [6.45, 7) is 0.273. The SMILES string of the molecule is O=C(O)N1CCC(Oc2cc(=O)n(-c3ccc(Cl)c(Cl)c3)nc2CO)CC1. The molecule has 1 fully saturated rings. The van der Waals surface area contributed by atoms with Crippen molar-refractivity contribution in [2.24, 2.45) is 0 Å². The quantitative estimate of drug-likeness (QED) is 0.797. The lowest BCUT2D eigenvalue weighted by atomic mass is 10.1. The molecule has 0 radical (unpaired) electrons. The lowest BCUT2D eigenvalue weighted by molar-refractivity contribution is 0.0874. The average molecular weight is 414 g/mol. The lowest BCUT2D eigenvalue weighted by Crippen LogP contribution is -2.41. The highest BCUT2D eigenvalue weighted by atomic mass is 35.5. The van der Waals surface area contributed by atoms with Crippen molar-refractivity contribution in [1.29, 1.82) is 0 Å². The van der Waals surface area contributed by atoms with Gasteiger partial charge in [0.1, 0.15) is 11.8 Å². The van der Waals surface area contributed by atoms with Crippen LogP contribution in [0.2, 0.25) is 10.0 Å². The van der Waals surface area contributed by atoms with Crippen molar-refractivity contribution in [1.82, 2.24) is 14.7 Å². The number of piperidine rings is 1. The molecule has 1 aliphatic rings. The van der Waals surface area contributed by atoms with Gasteiger partial charge >= 0.3 is 6.09 Å². The molecule has 3 rings (SSSR count). The average Bonchev–Trinajstić information content (AvgIpc) is 2.65. The van der Waals surface area contributed by atoms with E-state index >= 15 is 0 Å². The van der Waals surface area contributed by atoms with Crippen molar-refractivity contribution >= 4 is 29.3 Å². The van der Waals surface area contributed by atoms with E-state index < -0.39 is 18.3 Å². The maximum Gasteiger partial charge on any atom is 0.407 e. The second kappa shape index (κ2) is 8.16. The molecule has 0 spiro atoms. The molecule has 0 atom stereocenters. The summed E-state index contributed by atoms with van der Waals surface area (Å²) in [6.07, 6.45) is -0.233. The number of nitrogens with zero attached hydrogens (tertiary/aromatic N) is 3. The van der Waals surface area contributed by atoms with Gasteiger partial charge in [-0.1, -0.05) is 23.2 Å². The summed E-state index contributed by atoms with van der Waals surface area (Å²) in [5.74, 6) is 0.188. The molecular formula is C17H17Cl2N3O5. The largest absolute Gasteiger partial charge is 0.488 e. The van der Waals surface area contributed by atoms with Crippen LogP contribution in [0.15, 0.2) is 29.1 Å². The van der Waals surface area contributed by atoms with E-state index in [9.17, 15) is 14.7 Å². The van der Waals surface area contributed by atoms with Gasteiger partial charge in [0.2, 0.25) is 0 Å². The van der Waals surface area contributed by atoms with Crippen LogP contribution in [0, 0.1) is 0 Å². The normalized spacial score (nSPS) is 15.0. The number of aromatic nitrogens is 2. The molecule has 0 aliphatic carbocycles. The molecular weight excluding hydrogens is 397 g/mol. The fourth-order valence-electron chi connectivity index (χ4n) is 2.83. The minimum atomic E-state index is -0.963. The zero-order valence-corrected chi connectivity index (χ0v) is 15.7. The Morgan fingerprint density at radius 2 is 1.93 bits per heavy atom. The van der Waals surface area contributed by atoms with Crippen molar-refractivity contribution in [3.63, 3.8) is 0 Å². The number of amides is 1. The number of benzene rings is 1. The van der Waals surface area contributed by atoms with Crippen molar-refractivity contribution in [2.45, 2.75) is 25.6 Å². The van der Waals surface area contributed by atoms with Gasteiger partial charge in [0.25, 0.3) is 5.56 Å². The summed E-state index contributed by atoms with van der Waals surface area (Å²) < 4.78 is 6.92. The van der Waals surface area contributed by atoms with Crippen molar-refractivity contribution in [2.75, 3.05) is 13.1 Å². The maximum atomic E-state index is 12.5. The molecule has 0 bridgehead atoms. The summed E-state index contributed by atoms with van der Waals surface area (Å²) in [7, 11) is 0. The zero-order chi connectivity index (χ0) is 19.6. The number of halogens is 2. The van der Waals surface area contributed by atoms with E-state index in [1.807, 2.05) is 0 Å². The topological polar surface area (TPSA) is 105 Å². The lowest BCUT2D eigenvalue weighted by Gasteiger charge is -2.30. The number of hydrogen-bond acceptors (Lipinski definition) is 5. The predicted octanol–water partition coefficient (Wildman–Crippen LogP) is 2.55. The minimum Gasteiger partial charge on any atom is -0.488 e. The van der Waals surface area contributed by atoms with Gasteiger partial charge in [-0.3, -0.25) is 4.79 Å². The summed E-state index contributed by atoms with van der Waals surface area (Å²) in [6, 6.07) is 5.89. The first-order chi connectivity index (χ1) is 12.9. The third kappa shape index (κ3) is 4.35. The molecule has 0 unspecified atom stereocenters. The van der Waals surface area contributed by atoms with Crippen LogP contribution >= 0.6 is 23.2 Å². The Morgan fingerprint density at radius 1 is 1.22 bits per heavy atom. The fraction of sp³-hybridized carbons (Fsp3) is 0.353. The van der Waals surface area contributed by atoms with Crippen LogP contribution in [0.5, 0.6) is 5.75 Å². The minimum absolute atomic E-state index is 0.188. The molecule has 1 aromatic carbocycles. The fourth-order valence-corrected chi connectivity index (χ4v) is 3.13. The van der Waals surface area contributed by atoms with Gasteiger partial charge in [-0.25, -0.2) is 4.79 Å². The highest BCUT2D eigenvalue weighted by molar-refractivity contribution is 6.42. The molecule has 1 amide bonds. The molecule has 0 saturated carbocycles. The van der Waals surface area contributed by atoms with Crippen molar-refractivity contribution < 1.29 is 19.7 Å². The van der Waals surface area contributed by atoms with Crippen LogP contribution in [0.4, 0.5) is 4.79 Å². The van der Waals surface area contributed by atoms with Gasteiger partial charge < -0.3 is 19.8 Å². The molecule has 1 saturated heterocycles. The number of likely N-dealkylation sites (tertiary alicyclic amines) is 1. The molecule has 27 heavy (non-hydrogen) atoms. The number of aliphatic hydroxyl groups excluding tert-OH is 1. The van der Waals surface area contributed by atoms with E-state index in [-0.39, 0.29) is 22.6 Å². The monoisotopic (exact) mass is 413 g/mol. The molecule has 2 aromatic rings. The highest BCUT2D eigenvalue weighted by Gasteiger charge is 2.24. The maximum absolute atomic E-state index is 12.5. The Morgan fingerprint density at radius 3 is 2.52 bits per heavy atom. The molecule has 1 aliphatic heterocycles. The zero-order valence-electron chi connectivity index (χ0n) is 14.1. The van der Waals surface area contributed by atoms with Crippen molar-refractivity contribution in [3.8, 4) is 11.4 Å². The predicted molar refractivity (Wildman–Crippen MR) is 99.0 cm³/mol. The number of ether oxygens (including phenoxy) is 1. The van der Waals surface area contributed by atoms with Gasteiger partial charge in [-0.15, -0.1) is 0 Å². The van der Waals surface area contributed by atoms with Gasteiger partial charge in [0.15, 0.2) is 5.75 Å². The second-order valence-electron chi connectivity index (χ2n) is 6.05. The Hall–Kier alpha value is -2.29. The second-order valence-corrected chi connectivity index (χ2v) is 6.86. The summed E-state index contributed by atoms with van der Waals surface area (Å²) in [4.78, 5) is 24.7. The van der Waals surface area contributed by atoms with Crippen LogP contribution in [0.3, 0.4) is 0 Å². The van der Waals surface area contributed by atoms with Crippen LogP contribution in [0.25, 0.3) is 5.69 Å². The van der Waals surface area contributed by atoms with Crippen LogP contribution in [0.1, 0.15) is 18.5 Å². The summed E-state index contributed by atoms with van der Waals surface area (Å²) in [5.41, 5.74) is 0.148. The number of rotatable bonds is 4. The van der Waals surface area contributed by atoms with Gasteiger partial charge in [0, 0.05) is 32.0 Å². The molecule has 2 heterocycles. The number of aliphatic hydroxyl groups is 1. The first-order valence-electron chi connectivity index (χ1n) is 8.23. The van der Waals surface area contributed by atoms with E-state index in [0.717, 1.165) is 4.68 Å². The first kappa shape index (κ1) is 19.5. The third-order valence-corrected chi connectivity index (χ3v) is 5.01. The van der Waals surface area contributed by atoms with Crippen LogP contribution in [-0.4, -0.2) is 50.2 Å². The molecule has 144 valence electrons. The smallest absolute Gasteiger partial charge is 0.407 e. The van der Waals surface area contributed by atoms with Crippen molar-refractivity contribution in [3.05, 3.63) is 50.4 Å². The first-order valence-corrected chi connectivity index (χ1v) is 8.98. The Bertz CT molecular complexity index is 910. The van der Waals surface area contributed by atoms with E-state index in [1.165, 1.54) is 17.0 Å². The van der Waals surface area contributed by atoms with Gasteiger partial charge in [-0.05, 0) is 18.2 Å². The molecule has 1 aromatic heterocycles. The molecule has 8 nitrogen and oxygen atoms in total. The molecule has 2 N–H and O–H groups in total.